The molecule has 4 rings (SSSR count). The van der Waals surface area contributed by atoms with E-state index in [0.717, 1.165) is 10.0 Å². The molecule has 0 spiro atoms. The summed E-state index contributed by atoms with van der Waals surface area (Å²) in [7, 11) is 0. The normalized spacial score (nSPS) is 14.3. The van der Waals surface area contributed by atoms with Gasteiger partial charge in [-0.2, -0.15) is 0 Å². The molecule has 0 aromatic heterocycles. The minimum Gasteiger partial charge on any atom is -0.452 e. The summed E-state index contributed by atoms with van der Waals surface area (Å²) in [5.41, 5.74) is 3.03. The minimum absolute atomic E-state index is 0.0612. The third kappa shape index (κ3) is 4.62. The van der Waals surface area contributed by atoms with Gasteiger partial charge in [0.15, 0.2) is 5.76 Å². The van der Waals surface area contributed by atoms with Crippen molar-refractivity contribution >= 4 is 33.8 Å². The molecule has 0 unspecified atom stereocenters. The Hall–Kier alpha value is -3.18. The number of carbonyl (C=O) groups is 2. The topological polar surface area (TPSA) is 52.6 Å². The standard InChI is InChI=1S/C26H21BrO4/c1-26(2,3)18-8-4-16(5-9-18)14-23-24(28)21-13-12-20(15-22(21)31-23)30-25(29)17-6-10-19(27)11-7-17/h4-15H,1-3H3. The van der Waals surface area contributed by atoms with Crippen molar-refractivity contribution in [2.24, 2.45) is 0 Å². The van der Waals surface area contributed by atoms with Gasteiger partial charge in [0, 0.05) is 10.5 Å². The molecule has 5 heteroatoms. The van der Waals surface area contributed by atoms with Crippen LogP contribution in [0.15, 0.2) is 77.0 Å². The molecule has 0 radical (unpaired) electrons. The molecule has 1 aliphatic rings. The highest BCUT2D eigenvalue weighted by atomic mass is 79.9. The highest BCUT2D eigenvalue weighted by Gasteiger charge is 2.28. The predicted molar refractivity (Wildman–Crippen MR) is 124 cm³/mol. The molecule has 0 amide bonds. The first kappa shape index (κ1) is 21.1. The Morgan fingerprint density at radius 2 is 1.65 bits per heavy atom. The van der Waals surface area contributed by atoms with Gasteiger partial charge in [-0.1, -0.05) is 61.0 Å². The molecule has 156 valence electrons. The summed E-state index contributed by atoms with van der Waals surface area (Å²) in [4.78, 5) is 25.0. The van der Waals surface area contributed by atoms with Crippen molar-refractivity contribution in [2.45, 2.75) is 26.2 Å². The van der Waals surface area contributed by atoms with E-state index in [2.05, 4.69) is 48.8 Å². The second-order valence-corrected chi connectivity index (χ2v) is 9.28. The average molecular weight is 477 g/mol. The second-order valence-electron chi connectivity index (χ2n) is 8.37. The predicted octanol–water partition coefficient (Wildman–Crippen LogP) is 6.58. The van der Waals surface area contributed by atoms with E-state index in [4.69, 9.17) is 9.47 Å². The Morgan fingerprint density at radius 1 is 0.968 bits per heavy atom. The summed E-state index contributed by atoms with van der Waals surface area (Å²) in [6.45, 7) is 6.46. The van der Waals surface area contributed by atoms with Gasteiger partial charge in [0.2, 0.25) is 5.78 Å². The number of halogens is 1. The van der Waals surface area contributed by atoms with Crippen LogP contribution in [0.2, 0.25) is 0 Å². The summed E-state index contributed by atoms with van der Waals surface area (Å²) in [5, 5.41) is 0. The lowest BCUT2D eigenvalue weighted by Gasteiger charge is -2.18. The summed E-state index contributed by atoms with van der Waals surface area (Å²) in [5.74, 6) is 0.265. The highest BCUT2D eigenvalue weighted by molar-refractivity contribution is 9.10. The van der Waals surface area contributed by atoms with Crippen LogP contribution in [0.4, 0.5) is 0 Å². The first-order chi connectivity index (χ1) is 14.7. The first-order valence-corrected chi connectivity index (χ1v) is 10.7. The molecular formula is C26H21BrO4. The maximum Gasteiger partial charge on any atom is 0.343 e. The molecule has 0 fully saturated rings. The Bertz CT molecular complexity index is 1180. The zero-order chi connectivity index (χ0) is 22.2. The first-order valence-electron chi connectivity index (χ1n) is 9.87. The molecule has 0 N–H and O–H groups in total. The Labute approximate surface area is 189 Å². The van der Waals surface area contributed by atoms with Crippen LogP contribution in [-0.2, 0) is 5.41 Å². The molecule has 3 aromatic rings. The Kier molecular flexibility index (Phi) is 5.54. The molecule has 0 aliphatic carbocycles. The Balaban J connectivity index is 1.52. The van der Waals surface area contributed by atoms with Gasteiger partial charge in [0.1, 0.15) is 11.5 Å². The third-order valence-corrected chi connectivity index (χ3v) is 5.54. The van der Waals surface area contributed by atoms with Gasteiger partial charge < -0.3 is 9.47 Å². The minimum atomic E-state index is -0.480. The van der Waals surface area contributed by atoms with E-state index in [9.17, 15) is 9.59 Å². The van der Waals surface area contributed by atoms with Crippen molar-refractivity contribution < 1.29 is 19.1 Å². The van der Waals surface area contributed by atoms with Crippen LogP contribution >= 0.6 is 15.9 Å². The van der Waals surface area contributed by atoms with Crippen LogP contribution in [0.25, 0.3) is 6.08 Å². The number of fused-ring (bicyclic) bond motifs is 1. The lowest BCUT2D eigenvalue weighted by atomic mass is 9.86. The molecule has 0 bridgehead atoms. The van der Waals surface area contributed by atoms with E-state index < -0.39 is 5.97 Å². The van der Waals surface area contributed by atoms with Gasteiger partial charge in [0.25, 0.3) is 0 Å². The van der Waals surface area contributed by atoms with Crippen LogP contribution < -0.4 is 9.47 Å². The van der Waals surface area contributed by atoms with E-state index in [1.807, 2.05) is 12.1 Å². The molecule has 1 aliphatic heterocycles. The number of esters is 1. The Morgan fingerprint density at radius 3 is 2.29 bits per heavy atom. The molecular weight excluding hydrogens is 456 g/mol. The van der Waals surface area contributed by atoms with Crippen LogP contribution in [0, 0.1) is 0 Å². The number of Topliss-reactive ketones (excluding diaryl/α,β-unsaturated/α-hetero) is 1. The molecule has 3 aromatic carbocycles. The van der Waals surface area contributed by atoms with Crippen molar-refractivity contribution in [3.05, 3.63) is 99.2 Å². The molecule has 1 heterocycles. The smallest absolute Gasteiger partial charge is 0.343 e. The van der Waals surface area contributed by atoms with Crippen LogP contribution in [-0.4, -0.2) is 11.8 Å². The lowest BCUT2D eigenvalue weighted by molar-refractivity contribution is 0.0734. The highest BCUT2D eigenvalue weighted by Crippen LogP contribution is 2.35. The zero-order valence-electron chi connectivity index (χ0n) is 17.4. The largest absolute Gasteiger partial charge is 0.452 e. The number of ketones is 1. The van der Waals surface area contributed by atoms with Gasteiger partial charge in [-0.3, -0.25) is 4.79 Å². The fraction of sp³-hybridized carbons (Fsp3) is 0.154. The summed E-state index contributed by atoms with van der Waals surface area (Å²) in [6.07, 6.45) is 1.72. The monoisotopic (exact) mass is 476 g/mol. The number of hydrogen-bond acceptors (Lipinski definition) is 4. The number of carbonyl (C=O) groups excluding carboxylic acids is 2. The zero-order valence-corrected chi connectivity index (χ0v) is 19.0. The van der Waals surface area contributed by atoms with Gasteiger partial charge >= 0.3 is 5.97 Å². The molecule has 0 saturated carbocycles. The maximum atomic E-state index is 12.7. The third-order valence-electron chi connectivity index (χ3n) is 5.01. The number of benzene rings is 3. The van der Waals surface area contributed by atoms with Crippen LogP contribution in [0.5, 0.6) is 11.5 Å². The SMILES string of the molecule is CC(C)(C)c1ccc(C=C2Oc3cc(OC(=O)c4ccc(Br)cc4)ccc3C2=O)cc1. The van der Waals surface area contributed by atoms with Gasteiger partial charge in [0.05, 0.1) is 11.1 Å². The second kappa shape index (κ2) is 8.16. The summed E-state index contributed by atoms with van der Waals surface area (Å²) < 4.78 is 12.1. The van der Waals surface area contributed by atoms with E-state index in [1.54, 1.807) is 48.5 Å². The van der Waals surface area contributed by atoms with Crippen molar-refractivity contribution in [2.75, 3.05) is 0 Å². The summed E-state index contributed by atoms with van der Waals surface area (Å²) in [6, 6.07) is 19.7. The number of allylic oxidation sites excluding steroid dienone is 1. The van der Waals surface area contributed by atoms with Crippen LogP contribution in [0.3, 0.4) is 0 Å². The fourth-order valence-corrected chi connectivity index (χ4v) is 3.48. The maximum absolute atomic E-state index is 12.7. The molecule has 0 atom stereocenters. The summed E-state index contributed by atoms with van der Waals surface area (Å²) >= 11 is 3.34. The molecule has 0 saturated heterocycles. The van der Waals surface area contributed by atoms with E-state index in [0.29, 0.717) is 22.6 Å². The van der Waals surface area contributed by atoms with E-state index in [1.165, 1.54) is 5.56 Å². The number of ether oxygens (including phenoxy) is 2. The van der Waals surface area contributed by atoms with Gasteiger partial charge in [-0.05, 0) is 59.0 Å². The number of rotatable bonds is 3. The lowest BCUT2D eigenvalue weighted by Crippen LogP contribution is -2.10. The van der Waals surface area contributed by atoms with Crippen molar-refractivity contribution in [3.63, 3.8) is 0 Å². The van der Waals surface area contributed by atoms with E-state index >= 15 is 0 Å². The quantitative estimate of drug-likeness (QED) is 0.243. The van der Waals surface area contributed by atoms with E-state index in [-0.39, 0.29) is 17.0 Å². The fourth-order valence-electron chi connectivity index (χ4n) is 3.21. The average Bonchev–Trinajstić information content (AvgIpc) is 3.03. The van der Waals surface area contributed by atoms with Crippen molar-refractivity contribution in [1.29, 1.82) is 0 Å². The van der Waals surface area contributed by atoms with Gasteiger partial charge in [-0.25, -0.2) is 4.79 Å². The van der Waals surface area contributed by atoms with Crippen molar-refractivity contribution in [1.82, 2.24) is 0 Å². The van der Waals surface area contributed by atoms with Crippen LogP contribution in [0.1, 0.15) is 52.6 Å². The van der Waals surface area contributed by atoms with Crippen molar-refractivity contribution in [3.8, 4) is 11.5 Å². The molecule has 31 heavy (non-hydrogen) atoms. The van der Waals surface area contributed by atoms with Gasteiger partial charge in [-0.15, -0.1) is 0 Å². The molecule has 4 nitrogen and oxygen atoms in total. The number of hydrogen-bond donors (Lipinski definition) is 0.